The fraction of sp³-hybridized carbons (Fsp3) is 0.385. The third-order valence-electron chi connectivity index (χ3n) is 3.21. The summed E-state index contributed by atoms with van der Waals surface area (Å²) < 4.78 is 26.4. The number of hydrogen-bond donors (Lipinski definition) is 3. The van der Waals surface area contributed by atoms with Crippen molar-refractivity contribution in [1.29, 1.82) is 0 Å². The van der Waals surface area contributed by atoms with Gasteiger partial charge in [0.05, 0.1) is 17.5 Å². The number of carboxylic acid groups (broad SMARTS) is 1. The Kier molecular flexibility index (Phi) is 4.29. The fourth-order valence-corrected chi connectivity index (χ4v) is 3.26. The van der Waals surface area contributed by atoms with Gasteiger partial charge in [-0.15, -0.1) is 0 Å². The Morgan fingerprint density at radius 1 is 1.29 bits per heavy atom. The first kappa shape index (κ1) is 15.5. The van der Waals surface area contributed by atoms with Gasteiger partial charge in [0.25, 0.3) is 0 Å². The maximum absolute atomic E-state index is 12.0. The molecule has 0 spiro atoms. The summed E-state index contributed by atoms with van der Waals surface area (Å²) in [6.07, 6.45) is 0.281. The molecule has 3 N–H and O–H groups in total. The maximum Gasteiger partial charge on any atom is 0.307 e. The van der Waals surface area contributed by atoms with Crippen LogP contribution in [0.4, 0.5) is 5.69 Å². The van der Waals surface area contributed by atoms with Crippen LogP contribution >= 0.6 is 0 Å². The van der Waals surface area contributed by atoms with E-state index in [4.69, 9.17) is 5.11 Å². The van der Waals surface area contributed by atoms with Crippen LogP contribution in [-0.4, -0.2) is 31.9 Å². The average Bonchev–Trinajstić information content (AvgIpc) is 3.19. The quantitative estimate of drug-likeness (QED) is 0.713. The average molecular weight is 312 g/mol. The van der Waals surface area contributed by atoms with Gasteiger partial charge in [-0.25, -0.2) is 13.1 Å². The van der Waals surface area contributed by atoms with Crippen LogP contribution in [0.1, 0.15) is 13.3 Å². The highest BCUT2D eigenvalue weighted by Crippen LogP contribution is 2.39. The van der Waals surface area contributed by atoms with Crippen molar-refractivity contribution < 1.29 is 23.1 Å². The third-order valence-corrected chi connectivity index (χ3v) is 4.82. The summed E-state index contributed by atoms with van der Waals surface area (Å²) in [4.78, 5) is 22.7. The van der Waals surface area contributed by atoms with Crippen LogP contribution in [0.3, 0.4) is 0 Å². The molecule has 0 aromatic heterocycles. The van der Waals surface area contributed by atoms with Gasteiger partial charge in [-0.3, -0.25) is 9.59 Å². The standard InChI is InChI=1S/C13H16N2O5S/c1-2-14-21(19,20)11-6-4-3-5-10(11)15-12(16)8-7-9(8)13(17)18/h3-6,8-9,14H,2,7H2,1H3,(H,15,16)(H,17,18)/t8-,9+/m1/s1. The van der Waals surface area contributed by atoms with Crippen molar-refractivity contribution in [1.82, 2.24) is 4.72 Å². The first-order valence-corrected chi connectivity index (χ1v) is 7.97. The summed E-state index contributed by atoms with van der Waals surface area (Å²) in [7, 11) is -3.70. The topological polar surface area (TPSA) is 113 Å². The molecule has 1 fully saturated rings. The monoisotopic (exact) mass is 312 g/mol. The van der Waals surface area contributed by atoms with Gasteiger partial charge in [0.1, 0.15) is 4.90 Å². The SMILES string of the molecule is CCNS(=O)(=O)c1ccccc1NC(=O)[C@@H]1C[C@@H]1C(=O)O. The molecule has 0 radical (unpaired) electrons. The van der Waals surface area contributed by atoms with Crippen LogP contribution in [0, 0.1) is 11.8 Å². The van der Waals surface area contributed by atoms with Crippen molar-refractivity contribution in [2.24, 2.45) is 11.8 Å². The highest BCUT2D eigenvalue weighted by Gasteiger charge is 2.48. The number of rotatable bonds is 6. The molecule has 7 nitrogen and oxygen atoms in total. The molecule has 0 saturated heterocycles. The molecule has 1 aromatic carbocycles. The molecule has 1 aliphatic rings. The molecule has 0 unspecified atom stereocenters. The van der Waals surface area contributed by atoms with E-state index < -0.39 is 33.7 Å². The number of aliphatic carboxylic acids is 1. The number of benzene rings is 1. The molecular formula is C13H16N2O5S. The second-order valence-corrected chi connectivity index (χ2v) is 6.51. The van der Waals surface area contributed by atoms with E-state index in [0.717, 1.165) is 0 Å². The lowest BCUT2D eigenvalue weighted by molar-refractivity contribution is -0.139. The molecule has 2 atom stereocenters. The Hall–Kier alpha value is -1.93. The molecule has 0 heterocycles. The number of carbonyl (C=O) groups is 2. The van der Waals surface area contributed by atoms with E-state index in [-0.39, 0.29) is 23.5 Å². The number of amides is 1. The van der Waals surface area contributed by atoms with Crippen LogP contribution in [-0.2, 0) is 19.6 Å². The summed E-state index contributed by atoms with van der Waals surface area (Å²) in [6, 6.07) is 6.01. The lowest BCUT2D eigenvalue weighted by Crippen LogP contribution is -2.25. The van der Waals surface area contributed by atoms with E-state index in [0.29, 0.717) is 0 Å². The smallest absolute Gasteiger partial charge is 0.307 e. The number of anilines is 1. The van der Waals surface area contributed by atoms with Gasteiger partial charge in [0.2, 0.25) is 15.9 Å². The van der Waals surface area contributed by atoms with Crippen molar-refractivity contribution in [3.63, 3.8) is 0 Å². The molecule has 1 saturated carbocycles. The van der Waals surface area contributed by atoms with Crippen LogP contribution in [0.5, 0.6) is 0 Å². The lowest BCUT2D eigenvalue weighted by atomic mass is 10.2. The number of sulfonamides is 1. The van der Waals surface area contributed by atoms with Crippen LogP contribution < -0.4 is 10.0 Å². The third kappa shape index (κ3) is 3.40. The van der Waals surface area contributed by atoms with Gasteiger partial charge >= 0.3 is 5.97 Å². The second-order valence-electron chi connectivity index (χ2n) is 4.77. The predicted molar refractivity (Wildman–Crippen MR) is 75.2 cm³/mol. The van der Waals surface area contributed by atoms with Crippen LogP contribution in [0.25, 0.3) is 0 Å². The summed E-state index contributed by atoms with van der Waals surface area (Å²) >= 11 is 0. The summed E-state index contributed by atoms with van der Waals surface area (Å²) in [5.41, 5.74) is 0.152. The zero-order valence-corrected chi connectivity index (χ0v) is 12.2. The molecule has 1 amide bonds. The maximum atomic E-state index is 12.0. The van der Waals surface area contributed by atoms with Crippen LogP contribution in [0.15, 0.2) is 29.2 Å². The van der Waals surface area contributed by atoms with Gasteiger partial charge in [-0.05, 0) is 18.6 Å². The lowest BCUT2D eigenvalue weighted by Gasteiger charge is -2.11. The second kappa shape index (κ2) is 5.82. The van der Waals surface area contributed by atoms with Gasteiger partial charge < -0.3 is 10.4 Å². The summed E-state index contributed by atoms with van der Waals surface area (Å²) in [5, 5.41) is 11.3. The number of carbonyl (C=O) groups excluding carboxylic acids is 1. The zero-order chi connectivity index (χ0) is 15.6. The first-order valence-electron chi connectivity index (χ1n) is 6.49. The van der Waals surface area contributed by atoms with Crippen molar-refractivity contribution >= 4 is 27.6 Å². The number of nitrogens with one attached hydrogen (secondary N) is 2. The Balaban J connectivity index is 2.18. The van der Waals surface area contributed by atoms with Crippen molar-refractivity contribution in [3.05, 3.63) is 24.3 Å². The van der Waals surface area contributed by atoms with Crippen molar-refractivity contribution in [2.75, 3.05) is 11.9 Å². The van der Waals surface area contributed by atoms with Crippen LogP contribution in [0.2, 0.25) is 0 Å². The Bertz CT molecular complexity index is 671. The molecule has 1 aromatic rings. The fourth-order valence-electron chi connectivity index (χ4n) is 2.06. The molecule has 21 heavy (non-hydrogen) atoms. The highest BCUT2D eigenvalue weighted by atomic mass is 32.2. The summed E-state index contributed by atoms with van der Waals surface area (Å²) in [6.45, 7) is 1.88. The van der Waals surface area contributed by atoms with Gasteiger partial charge in [-0.2, -0.15) is 0 Å². The van der Waals surface area contributed by atoms with Crippen molar-refractivity contribution in [3.8, 4) is 0 Å². The molecule has 2 rings (SSSR count). The van der Waals surface area contributed by atoms with E-state index in [1.165, 1.54) is 12.1 Å². The Morgan fingerprint density at radius 3 is 2.52 bits per heavy atom. The van der Waals surface area contributed by atoms with E-state index in [2.05, 4.69) is 10.0 Å². The first-order chi connectivity index (χ1) is 9.86. The number of carboxylic acids is 1. The largest absolute Gasteiger partial charge is 0.481 e. The van der Waals surface area contributed by atoms with Crippen molar-refractivity contribution in [2.45, 2.75) is 18.2 Å². The highest BCUT2D eigenvalue weighted by molar-refractivity contribution is 7.89. The molecule has 0 aliphatic heterocycles. The Labute approximate surface area is 122 Å². The minimum absolute atomic E-state index is 0.0345. The Morgan fingerprint density at radius 2 is 1.95 bits per heavy atom. The molecule has 1 aliphatic carbocycles. The van der Waals surface area contributed by atoms with Gasteiger partial charge in [0.15, 0.2) is 0 Å². The van der Waals surface area contributed by atoms with Gasteiger partial charge in [0, 0.05) is 6.54 Å². The summed E-state index contributed by atoms with van der Waals surface area (Å²) in [5.74, 6) is -2.76. The molecule has 0 bridgehead atoms. The van der Waals surface area contributed by atoms with E-state index in [1.54, 1.807) is 19.1 Å². The normalized spacial score (nSPS) is 20.8. The zero-order valence-electron chi connectivity index (χ0n) is 11.4. The minimum Gasteiger partial charge on any atom is -0.481 e. The number of hydrogen-bond acceptors (Lipinski definition) is 4. The van der Waals surface area contributed by atoms with Gasteiger partial charge in [-0.1, -0.05) is 19.1 Å². The van der Waals surface area contributed by atoms with E-state index >= 15 is 0 Å². The predicted octanol–water partition coefficient (Wildman–Crippen LogP) is 0.644. The van der Waals surface area contributed by atoms with E-state index in [9.17, 15) is 18.0 Å². The molecule has 114 valence electrons. The molecular weight excluding hydrogens is 296 g/mol. The minimum atomic E-state index is -3.70. The number of para-hydroxylation sites is 1. The molecule has 8 heteroatoms. The van der Waals surface area contributed by atoms with E-state index in [1.807, 2.05) is 0 Å².